The largest absolute Gasteiger partial charge is 0.481 e. The molecule has 2 heterocycles. The number of hydrogen-bond donors (Lipinski definition) is 3. The summed E-state index contributed by atoms with van der Waals surface area (Å²) < 4.78 is 0. The predicted octanol–water partition coefficient (Wildman–Crippen LogP) is 5.65. The number of piperidine rings is 1. The molecule has 3 N–H and O–H groups in total. The lowest BCUT2D eigenvalue weighted by Gasteiger charge is -2.33. The topological polar surface area (TPSA) is 102 Å². The minimum Gasteiger partial charge on any atom is -0.481 e. The van der Waals surface area contributed by atoms with Gasteiger partial charge in [-0.15, -0.1) is 0 Å². The molecule has 1 fully saturated rings. The summed E-state index contributed by atoms with van der Waals surface area (Å²) in [4.78, 5) is 42.5. The zero-order chi connectivity index (χ0) is 27.2. The average Bonchev–Trinajstić information content (AvgIpc) is 3.39. The van der Waals surface area contributed by atoms with Crippen molar-refractivity contribution in [3.63, 3.8) is 0 Å². The summed E-state index contributed by atoms with van der Waals surface area (Å²) in [6.45, 7) is 2.02. The molecule has 3 aromatic carbocycles. The van der Waals surface area contributed by atoms with Gasteiger partial charge < -0.3 is 20.3 Å². The third kappa shape index (κ3) is 6.20. The Balaban J connectivity index is 1.39. The van der Waals surface area contributed by atoms with E-state index in [0.29, 0.717) is 10.9 Å². The van der Waals surface area contributed by atoms with E-state index in [0.717, 1.165) is 41.0 Å². The van der Waals surface area contributed by atoms with Crippen molar-refractivity contribution in [3.05, 3.63) is 101 Å². The molecule has 0 radical (unpaired) electrons. The summed E-state index contributed by atoms with van der Waals surface area (Å²) in [5.41, 5.74) is 5.25. The summed E-state index contributed by atoms with van der Waals surface area (Å²) in [6.07, 6.45) is 5.06. The number of carbonyl (C=O) groups is 3. The highest BCUT2D eigenvalue weighted by Crippen LogP contribution is 2.32. The molecule has 0 saturated carbocycles. The summed E-state index contributed by atoms with van der Waals surface area (Å²) in [6, 6.07) is 23.6. The highest BCUT2D eigenvalue weighted by atomic mass is 16.4. The fourth-order valence-electron chi connectivity index (χ4n) is 5.40. The van der Waals surface area contributed by atoms with Gasteiger partial charge in [0.25, 0.3) is 0 Å². The van der Waals surface area contributed by atoms with Gasteiger partial charge in [-0.25, -0.2) is 0 Å². The van der Waals surface area contributed by atoms with Gasteiger partial charge in [-0.2, -0.15) is 0 Å². The number of nitrogens with zero attached hydrogens (tertiary/aromatic N) is 1. The van der Waals surface area contributed by atoms with Gasteiger partial charge in [0.2, 0.25) is 5.91 Å². The van der Waals surface area contributed by atoms with Crippen LogP contribution in [0.1, 0.15) is 65.2 Å². The number of fused-ring (bicyclic) bond motifs is 1. The van der Waals surface area contributed by atoms with Crippen molar-refractivity contribution in [1.29, 1.82) is 0 Å². The number of aliphatic carboxylic acids is 1. The third-order valence-electron chi connectivity index (χ3n) is 7.36. The van der Waals surface area contributed by atoms with E-state index >= 15 is 0 Å². The number of hydrogen-bond acceptors (Lipinski definition) is 4. The number of carboxylic acid groups (broad SMARTS) is 1. The van der Waals surface area contributed by atoms with Gasteiger partial charge in [0, 0.05) is 53.4 Å². The number of nitrogens with one attached hydrogen (secondary N) is 2. The second-order valence-corrected chi connectivity index (χ2v) is 10.1. The van der Waals surface area contributed by atoms with Crippen LogP contribution in [0.5, 0.6) is 0 Å². The molecule has 1 aromatic heterocycles. The number of anilines is 1. The average molecular weight is 524 g/mol. The van der Waals surface area contributed by atoms with Crippen LogP contribution in [0.3, 0.4) is 0 Å². The number of Topliss-reactive ketones (excluding diaryl/α,β-unsaturated/α-hetero) is 1. The molecular weight excluding hydrogens is 490 g/mol. The van der Waals surface area contributed by atoms with Crippen molar-refractivity contribution in [2.75, 3.05) is 18.0 Å². The number of carbonyl (C=O) groups excluding carboxylic acids is 2. The number of aromatic amines is 1. The molecule has 7 nitrogen and oxygen atoms in total. The van der Waals surface area contributed by atoms with Gasteiger partial charge in [0.1, 0.15) is 0 Å². The molecule has 200 valence electrons. The van der Waals surface area contributed by atoms with E-state index in [1.807, 2.05) is 54.6 Å². The fourth-order valence-corrected chi connectivity index (χ4v) is 5.40. The number of carboxylic acids is 1. The number of amides is 1. The Labute approximate surface area is 227 Å². The van der Waals surface area contributed by atoms with Gasteiger partial charge in [-0.3, -0.25) is 14.4 Å². The second-order valence-electron chi connectivity index (χ2n) is 10.1. The van der Waals surface area contributed by atoms with Crippen LogP contribution in [0.15, 0.2) is 79.0 Å². The molecular formula is C32H33N3O4. The van der Waals surface area contributed by atoms with Crippen LogP contribution < -0.4 is 10.2 Å². The minimum absolute atomic E-state index is 0.0673. The smallest absolute Gasteiger partial charge is 0.303 e. The zero-order valence-electron chi connectivity index (χ0n) is 21.9. The van der Waals surface area contributed by atoms with Crippen molar-refractivity contribution < 1.29 is 19.5 Å². The summed E-state index contributed by atoms with van der Waals surface area (Å²) in [5, 5.41) is 12.9. The lowest BCUT2D eigenvalue weighted by Crippen LogP contribution is -2.34. The maximum absolute atomic E-state index is 13.5. The first-order valence-electron chi connectivity index (χ1n) is 13.5. The maximum atomic E-state index is 13.5. The van der Waals surface area contributed by atoms with Crippen LogP contribution in [0.25, 0.3) is 10.9 Å². The Morgan fingerprint density at radius 1 is 0.897 bits per heavy atom. The van der Waals surface area contributed by atoms with Crippen molar-refractivity contribution in [2.45, 2.75) is 44.6 Å². The molecule has 5 rings (SSSR count). The summed E-state index contributed by atoms with van der Waals surface area (Å²) in [7, 11) is 0. The summed E-state index contributed by atoms with van der Waals surface area (Å²) >= 11 is 0. The van der Waals surface area contributed by atoms with Gasteiger partial charge in [0.05, 0.1) is 18.9 Å². The molecule has 0 spiro atoms. The zero-order valence-corrected chi connectivity index (χ0v) is 21.9. The first-order chi connectivity index (χ1) is 19.0. The molecule has 1 unspecified atom stereocenters. The monoisotopic (exact) mass is 523 g/mol. The Bertz CT molecular complexity index is 1470. The molecule has 1 aliphatic heterocycles. The van der Waals surface area contributed by atoms with Gasteiger partial charge in [-0.05, 0) is 48.6 Å². The highest BCUT2D eigenvalue weighted by Gasteiger charge is 2.23. The van der Waals surface area contributed by atoms with Gasteiger partial charge in [0.15, 0.2) is 5.78 Å². The number of ketones is 1. The molecule has 4 aromatic rings. The van der Waals surface area contributed by atoms with E-state index in [9.17, 15) is 14.4 Å². The number of benzene rings is 3. The molecule has 0 bridgehead atoms. The van der Waals surface area contributed by atoms with E-state index in [4.69, 9.17) is 5.11 Å². The first kappa shape index (κ1) is 26.2. The quantitative estimate of drug-likeness (QED) is 0.233. The number of rotatable bonds is 10. The molecule has 39 heavy (non-hydrogen) atoms. The van der Waals surface area contributed by atoms with E-state index in [-0.39, 0.29) is 37.0 Å². The Morgan fingerprint density at radius 2 is 1.64 bits per heavy atom. The van der Waals surface area contributed by atoms with E-state index < -0.39 is 5.97 Å². The minimum atomic E-state index is -1.00. The standard InChI is InChI=1S/C32H33N3O4/c36-29(15-16-31(38)39)26-21-33-27-14-13-22(19-25(26)27)20-30(37)34-32(23-9-3-1-4-10-23)24-11-5-6-12-28(24)35-17-7-2-8-18-35/h1,3-6,9-14,19,21,32-33H,2,7-8,15-18,20H2,(H,34,37)(H,38,39). The van der Waals surface area contributed by atoms with Crippen molar-refractivity contribution in [3.8, 4) is 0 Å². The molecule has 1 saturated heterocycles. The van der Waals surface area contributed by atoms with E-state index in [1.165, 1.54) is 19.3 Å². The Morgan fingerprint density at radius 3 is 2.41 bits per heavy atom. The van der Waals surface area contributed by atoms with Crippen molar-refractivity contribution >= 4 is 34.3 Å². The van der Waals surface area contributed by atoms with Crippen molar-refractivity contribution in [1.82, 2.24) is 10.3 Å². The van der Waals surface area contributed by atoms with Crippen molar-refractivity contribution in [2.24, 2.45) is 0 Å². The predicted molar refractivity (Wildman–Crippen MR) is 152 cm³/mol. The Kier molecular flexibility index (Phi) is 8.06. The highest BCUT2D eigenvalue weighted by molar-refractivity contribution is 6.08. The molecule has 0 aliphatic carbocycles. The second kappa shape index (κ2) is 12.0. The number of H-pyrrole nitrogens is 1. The maximum Gasteiger partial charge on any atom is 0.303 e. The SMILES string of the molecule is O=C(O)CCC(=O)c1c[nH]c2ccc(CC(=O)NC(c3ccccc3)c3ccccc3N3CCCCC3)cc12. The van der Waals surface area contributed by atoms with Crippen LogP contribution in [-0.2, 0) is 16.0 Å². The van der Waals surface area contributed by atoms with Crippen LogP contribution >= 0.6 is 0 Å². The van der Waals surface area contributed by atoms with Crippen LogP contribution in [0.2, 0.25) is 0 Å². The van der Waals surface area contributed by atoms with Gasteiger partial charge >= 0.3 is 5.97 Å². The van der Waals surface area contributed by atoms with Crippen LogP contribution in [0, 0.1) is 0 Å². The van der Waals surface area contributed by atoms with Crippen LogP contribution in [0.4, 0.5) is 5.69 Å². The molecule has 1 atom stereocenters. The van der Waals surface area contributed by atoms with E-state index in [2.05, 4.69) is 33.4 Å². The molecule has 1 aliphatic rings. The summed E-state index contributed by atoms with van der Waals surface area (Å²) in [5.74, 6) is -1.36. The lowest BCUT2D eigenvalue weighted by atomic mass is 9.95. The third-order valence-corrected chi connectivity index (χ3v) is 7.36. The van der Waals surface area contributed by atoms with Crippen LogP contribution in [-0.4, -0.2) is 40.8 Å². The lowest BCUT2D eigenvalue weighted by molar-refractivity contribution is -0.137. The first-order valence-corrected chi connectivity index (χ1v) is 13.5. The number of para-hydroxylation sites is 1. The van der Waals surface area contributed by atoms with Gasteiger partial charge in [-0.1, -0.05) is 54.6 Å². The normalized spacial score (nSPS) is 14.2. The number of aromatic nitrogens is 1. The molecule has 7 heteroatoms. The fraction of sp³-hybridized carbons (Fsp3) is 0.281. The molecule has 1 amide bonds. The Hall–Kier alpha value is -4.39. The van der Waals surface area contributed by atoms with E-state index in [1.54, 1.807) is 6.20 Å².